The third kappa shape index (κ3) is 60.4. The molecule has 0 amide bonds. The van der Waals surface area contributed by atoms with Crippen LogP contribution in [0.15, 0.2) is 36.8 Å². The van der Waals surface area contributed by atoms with Gasteiger partial charge in [0.05, 0.1) is 197 Å². The number of methoxy groups -OCH3 is 9. The molecule has 474 valence electrons. The summed E-state index contributed by atoms with van der Waals surface area (Å²) in [5, 5.41) is 0. The molecule has 0 unspecified atom stereocenters. The van der Waals surface area contributed by atoms with Crippen LogP contribution < -0.4 is 50.9 Å². The highest BCUT2D eigenvalue weighted by Crippen LogP contribution is 2.12. The summed E-state index contributed by atoms with van der Waals surface area (Å²) >= 11 is 0. The van der Waals surface area contributed by atoms with E-state index in [2.05, 4.69) is 36.8 Å². The fourth-order valence-corrected chi connectivity index (χ4v) is 7.04. The van der Waals surface area contributed by atoms with E-state index >= 15 is 0 Å². The van der Waals surface area contributed by atoms with Gasteiger partial charge in [0.2, 0.25) is 0 Å². The molecule has 0 aliphatic carbocycles. The van der Waals surface area contributed by atoms with Gasteiger partial charge in [-0.05, 0) is 39.0 Å². The molecule has 78 heavy (non-hydrogen) atoms. The Labute approximate surface area is 506 Å². The molecule has 0 fully saturated rings. The molecule has 0 aliphatic rings. The molecule has 21 nitrogen and oxygen atoms in total. The van der Waals surface area contributed by atoms with E-state index in [1.54, 1.807) is 64.0 Å². The molecule has 0 aromatic rings. The van der Waals surface area contributed by atoms with Gasteiger partial charge in [-0.3, -0.25) is 13.4 Å². The zero-order chi connectivity index (χ0) is 55.9. The number of hydrogen-bond donors (Lipinski definition) is 0. The maximum atomic E-state index is 5.67. The van der Waals surface area contributed by atoms with E-state index in [0.29, 0.717) is 178 Å². The van der Waals surface area contributed by atoms with Crippen LogP contribution in [0, 0.1) is 0 Å². The van der Waals surface area contributed by atoms with Crippen molar-refractivity contribution in [3.63, 3.8) is 0 Å². The number of ether oxygens (including phenoxy) is 18. The first-order chi connectivity index (χ1) is 36.7. The number of halogens is 3. The molecule has 0 atom stereocenters. The average Bonchev–Trinajstić information content (AvgIpc) is 3.41. The van der Waals surface area contributed by atoms with Crippen molar-refractivity contribution in [3.05, 3.63) is 36.8 Å². The molecule has 0 radical (unpaired) electrons. The van der Waals surface area contributed by atoms with Crippen molar-refractivity contribution in [1.82, 2.24) is 0 Å². The molecule has 24 heteroatoms. The maximum Gasteiger partial charge on any atom is 0.107 e. The number of nitrogens with zero attached hydrogens (tertiary/aromatic N) is 3. The predicted molar refractivity (Wildman–Crippen MR) is 293 cm³/mol. The van der Waals surface area contributed by atoms with Crippen LogP contribution in [0.1, 0.15) is 20.8 Å². The summed E-state index contributed by atoms with van der Waals surface area (Å²) in [5.41, 5.74) is 0. The number of allylic oxidation sites excluding steroid dienone is 3. The molecule has 0 spiro atoms. The first-order valence-corrected chi connectivity index (χ1v) is 26.8. The van der Waals surface area contributed by atoms with Gasteiger partial charge in [-0.25, -0.2) is 0 Å². The molecule has 0 aromatic carbocycles. The third-order valence-corrected chi connectivity index (χ3v) is 11.4. The van der Waals surface area contributed by atoms with E-state index in [-0.39, 0.29) is 50.9 Å². The van der Waals surface area contributed by atoms with Gasteiger partial charge in [-0.15, -0.1) is 0 Å². The van der Waals surface area contributed by atoms with Crippen molar-refractivity contribution in [2.24, 2.45) is 0 Å². The van der Waals surface area contributed by atoms with E-state index in [9.17, 15) is 0 Å². The van der Waals surface area contributed by atoms with Crippen LogP contribution in [0.5, 0.6) is 0 Å². The number of rotatable bonds is 57. The molecule has 0 rings (SSSR count). The second kappa shape index (κ2) is 72.9. The molecular weight excluding hydrogens is 1220 g/mol. The Morgan fingerprint density at radius 3 is 0.397 bits per heavy atom. The summed E-state index contributed by atoms with van der Waals surface area (Å²) in [6.45, 7) is 31.0. The molecule has 0 bridgehead atoms. The third-order valence-electron chi connectivity index (χ3n) is 11.4. The number of hydrogen-bond acceptors (Lipinski definition) is 18. The monoisotopic (exact) mass is 1330 g/mol. The topological polar surface area (TPSA) is 166 Å². The van der Waals surface area contributed by atoms with Crippen molar-refractivity contribution in [2.45, 2.75) is 20.8 Å². The normalized spacial score (nSPS) is 11.8. The van der Waals surface area contributed by atoms with E-state index < -0.39 is 0 Å². The van der Waals surface area contributed by atoms with Gasteiger partial charge >= 0.3 is 0 Å². The van der Waals surface area contributed by atoms with Crippen LogP contribution in [0.25, 0.3) is 0 Å². The van der Waals surface area contributed by atoms with Gasteiger partial charge in [0, 0.05) is 64.0 Å². The number of quaternary nitrogens is 3. The zero-order valence-corrected chi connectivity index (χ0v) is 55.5. The maximum absolute atomic E-state index is 5.67. The van der Waals surface area contributed by atoms with E-state index in [4.69, 9.17) is 85.3 Å². The van der Waals surface area contributed by atoms with Crippen LogP contribution in [0.2, 0.25) is 0 Å². The predicted octanol–water partition coefficient (Wildman–Crippen LogP) is -5.01. The minimum Gasteiger partial charge on any atom is -1.00 e. The van der Waals surface area contributed by atoms with Crippen molar-refractivity contribution < 1.29 is 150 Å². The highest BCUT2D eigenvalue weighted by atomic mass is 79.9. The minimum absolute atomic E-state index is 0. The minimum atomic E-state index is 0. The Morgan fingerprint density at radius 1 is 0.192 bits per heavy atom. The van der Waals surface area contributed by atoms with Gasteiger partial charge < -0.3 is 136 Å². The Morgan fingerprint density at radius 2 is 0.308 bits per heavy atom. The smallest absolute Gasteiger partial charge is 0.107 e. The fourth-order valence-electron chi connectivity index (χ4n) is 7.04. The van der Waals surface area contributed by atoms with Gasteiger partial charge in [0.15, 0.2) is 0 Å². The zero-order valence-electron chi connectivity index (χ0n) is 50.7. The molecular formula is C54H114Br3N3O18. The Kier molecular flexibility index (Phi) is 83.2. The fraction of sp³-hybridized carbons (Fsp3) is 0.889. The summed E-state index contributed by atoms with van der Waals surface area (Å²) in [6, 6.07) is 0. The van der Waals surface area contributed by atoms with Crippen molar-refractivity contribution in [1.29, 1.82) is 0 Å². The Hall–Kier alpha value is -0.180. The van der Waals surface area contributed by atoms with Crippen LogP contribution in [0.3, 0.4) is 0 Å². The molecule has 0 saturated heterocycles. The van der Waals surface area contributed by atoms with E-state index in [1.165, 1.54) is 0 Å². The highest BCUT2D eigenvalue weighted by molar-refractivity contribution is 4.71. The second-order valence-electron chi connectivity index (χ2n) is 17.1. The molecule has 0 aliphatic heterocycles. The summed E-state index contributed by atoms with van der Waals surface area (Å²) in [6.07, 6.45) is 12.9. The van der Waals surface area contributed by atoms with Crippen LogP contribution in [-0.4, -0.2) is 315 Å². The standard InChI is InChI=1S/3C18H38NO6.3BrH/c3*1-5-6-19(7-10-23-16-13-20-2,8-11-24-17-14-21-3)9-12-25-18-15-22-4;;;/h3*5-6H,7-18H2,1-4H3;3*1H/q3*+1;;;/p-3/b3*6-5-;;;. The SMILES string of the molecule is C/C=C\[N+](CCOCCOC)(CCOCCOC)CCOCCOC.C/C=C\[N+](CCOCCOC)(CCOCCOC)CCOCCOC.C/C=C\[N+](CCOCCOC)(CCOCCOC)CCOCCOC.[Br-].[Br-].[Br-]. The van der Waals surface area contributed by atoms with Crippen molar-refractivity contribution in [3.8, 4) is 0 Å². The van der Waals surface area contributed by atoms with Crippen molar-refractivity contribution >= 4 is 0 Å². The molecule has 0 heterocycles. The lowest BCUT2D eigenvalue weighted by molar-refractivity contribution is -0.881. The second-order valence-corrected chi connectivity index (χ2v) is 17.1. The van der Waals surface area contributed by atoms with Crippen LogP contribution in [-0.2, 0) is 85.3 Å². The first kappa shape index (κ1) is 89.0. The highest BCUT2D eigenvalue weighted by Gasteiger charge is 2.27. The lowest BCUT2D eigenvalue weighted by atomic mass is 10.3. The average molecular weight is 1330 g/mol. The van der Waals surface area contributed by atoms with Gasteiger partial charge in [0.25, 0.3) is 0 Å². The van der Waals surface area contributed by atoms with E-state index in [1.807, 2.05) is 20.8 Å². The summed E-state index contributed by atoms with van der Waals surface area (Å²) in [4.78, 5) is 0. The molecule has 0 aromatic heterocycles. The lowest BCUT2D eigenvalue weighted by Crippen LogP contribution is -3.00. The van der Waals surface area contributed by atoms with Gasteiger partial charge in [-0.1, -0.05) is 0 Å². The van der Waals surface area contributed by atoms with Crippen LogP contribution >= 0.6 is 0 Å². The first-order valence-electron chi connectivity index (χ1n) is 26.8. The van der Waals surface area contributed by atoms with Gasteiger partial charge in [-0.2, -0.15) is 0 Å². The Bertz CT molecular complexity index is 952. The summed E-state index contributed by atoms with van der Waals surface area (Å²) < 4.78 is 98.5. The van der Waals surface area contributed by atoms with Gasteiger partial charge in [0.1, 0.15) is 58.9 Å². The summed E-state index contributed by atoms with van der Waals surface area (Å²) in [7, 11) is 15.1. The lowest BCUT2D eigenvalue weighted by Gasteiger charge is -2.35. The molecule has 0 N–H and O–H groups in total. The van der Waals surface area contributed by atoms with E-state index in [0.717, 1.165) is 72.4 Å². The quantitative estimate of drug-likeness (QED) is 0.0420. The molecule has 0 saturated carbocycles. The Balaban J connectivity index is -0.000000245. The largest absolute Gasteiger partial charge is 1.00 e. The summed E-state index contributed by atoms with van der Waals surface area (Å²) in [5.74, 6) is 0. The van der Waals surface area contributed by atoms with Crippen molar-refractivity contribution in [2.75, 3.05) is 301 Å². The van der Waals surface area contributed by atoms with Crippen LogP contribution in [0.4, 0.5) is 0 Å².